The maximum Gasteiger partial charge on any atom is 0.255 e. The van der Waals surface area contributed by atoms with E-state index in [-0.39, 0.29) is 79.7 Å². The van der Waals surface area contributed by atoms with Gasteiger partial charge in [0.2, 0.25) is 23.7 Å². The molecular weight excluding hydrogens is 900 g/mol. The summed E-state index contributed by atoms with van der Waals surface area (Å²) in [5.41, 5.74) is 5.24. The third kappa shape index (κ3) is 9.98. The SMILES string of the molecule is O=C1CCC(N2Cc3c(NC(=O)CCCCOCCn4cc(CNC(=O)c5ccc(Nc6ncc7c(n6)-c6ccc(Cl)cc6C(c6c(F)cccc6F)=NC7)cc5)nn4)cccc3C2=O)C(=O)N1. The highest BCUT2D eigenvalue weighted by Crippen LogP contribution is 2.36. The molecule has 17 nitrogen and oxygen atoms in total. The van der Waals surface area contributed by atoms with Crippen LogP contribution in [0.2, 0.25) is 5.02 Å². The first-order chi connectivity index (χ1) is 33.0. The molecule has 0 aliphatic carbocycles. The molecular formula is C48H42ClF2N11O6. The Balaban J connectivity index is 0.695. The average Bonchev–Trinajstić information content (AvgIpc) is 3.89. The number of aromatic nitrogens is 5. The van der Waals surface area contributed by atoms with Crippen LogP contribution in [0, 0.1) is 11.6 Å². The number of benzene rings is 4. The summed E-state index contributed by atoms with van der Waals surface area (Å²) in [6, 6.07) is 19.8. The molecule has 6 aromatic rings. The lowest BCUT2D eigenvalue weighted by atomic mass is 9.95. The first-order valence-electron chi connectivity index (χ1n) is 21.8. The second kappa shape index (κ2) is 20.0. The molecule has 4 N–H and O–H groups in total. The van der Waals surface area contributed by atoms with Gasteiger partial charge in [0.15, 0.2) is 0 Å². The number of rotatable bonds is 16. The van der Waals surface area contributed by atoms with E-state index in [0.717, 1.165) is 0 Å². The molecule has 1 fully saturated rings. The van der Waals surface area contributed by atoms with E-state index in [0.29, 0.717) is 93.8 Å². The van der Waals surface area contributed by atoms with Crippen LogP contribution in [0.25, 0.3) is 11.3 Å². The Bertz CT molecular complexity index is 2980. The van der Waals surface area contributed by atoms with Gasteiger partial charge in [-0.1, -0.05) is 35.0 Å². The molecule has 0 spiro atoms. The van der Waals surface area contributed by atoms with Gasteiger partial charge in [0.05, 0.1) is 49.4 Å². The van der Waals surface area contributed by atoms with Crippen LogP contribution in [0.1, 0.15) is 80.8 Å². The normalized spacial score (nSPS) is 15.2. The van der Waals surface area contributed by atoms with Crippen molar-refractivity contribution in [2.45, 2.75) is 64.3 Å². The first kappa shape index (κ1) is 45.4. The molecule has 5 heterocycles. The molecule has 3 aliphatic rings. The van der Waals surface area contributed by atoms with E-state index < -0.39 is 23.6 Å². The maximum absolute atomic E-state index is 14.9. The summed E-state index contributed by atoms with van der Waals surface area (Å²) >= 11 is 6.35. The Hall–Kier alpha value is -7.77. The van der Waals surface area contributed by atoms with Gasteiger partial charge in [-0.05, 0) is 79.9 Å². The summed E-state index contributed by atoms with van der Waals surface area (Å²) in [5.74, 6) is -2.91. The zero-order chi connectivity index (χ0) is 47.3. The zero-order valence-electron chi connectivity index (χ0n) is 36.2. The van der Waals surface area contributed by atoms with E-state index >= 15 is 0 Å². The number of imide groups is 1. The van der Waals surface area contributed by atoms with Crippen LogP contribution in [0.15, 0.2) is 96.2 Å². The summed E-state index contributed by atoms with van der Waals surface area (Å²) in [6.45, 7) is 1.61. The minimum Gasteiger partial charge on any atom is -0.380 e. The van der Waals surface area contributed by atoms with Gasteiger partial charge in [-0.15, -0.1) is 5.10 Å². The first-order valence-corrected chi connectivity index (χ1v) is 22.2. The second-order valence-corrected chi connectivity index (χ2v) is 16.7. The summed E-state index contributed by atoms with van der Waals surface area (Å²) < 4.78 is 37.2. The van der Waals surface area contributed by atoms with Gasteiger partial charge < -0.3 is 25.6 Å². The standard InChI is InChI=1S/C48H42ClF2N11O6/c49-29-12-15-32-34(21-29)44(42-36(50)6-4-7-37(42)51)52-22-28-23-54-48(58-43(28)32)55-30-13-10-27(11-14-30)45(65)53-24-31-25-61(60-59-31)18-20-68-19-2-1-9-40(63)56-38-8-3-5-33-35(38)26-62(47(33)67)39-16-17-41(64)57-46(39)66/h3-8,10-15,21,23,25,39H,1-2,9,16-20,22,24,26H2,(H,53,65)(H,56,63)(H,54,55,58)(H,57,64,66). The van der Waals surface area contributed by atoms with Crippen LogP contribution in [0.4, 0.5) is 26.1 Å². The molecule has 1 atom stereocenters. The number of fused-ring (bicyclic) bond motifs is 4. The number of hydrogen-bond acceptors (Lipinski definition) is 12. The number of halogens is 3. The lowest BCUT2D eigenvalue weighted by Gasteiger charge is -2.29. The Kier molecular flexibility index (Phi) is 13.3. The topological polar surface area (TPSA) is 215 Å². The van der Waals surface area contributed by atoms with E-state index in [1.807, 2.05) is 0 Å². The van der Waals surface area contributed by atoms with E-state index in [9.17, 15) is 32.8 Å². The Labute approximate surface area is 392 Å². The smallest absolute Gasteiger partial charge is 0.255 e. The summed E-state index contributed by atoms with van der Waals surface area (Å²) in [4.78, 5) is 78.1. The van der Waals surface area contributed by atoms with Crippen LogP contribution in [0.3, 0.4) is 0 Å². The maximum atomic E-state index is 14.9. The number of nitrogens with one attached hydrogen (secondary N) is 4. The minimum atomic E-state index is -0.746. The lowest BCUT2D eigenvalue weighted by Crippen LogP contribution is -2.52. The van der Waals surface area contributed by atoms with Crippen molar-refractivity contribution in [3.05, 3.63) is 147 Å². The van der Waals surface area contributed by atoms with Crippen molar-refractivity contribution in [2.24, 2.45) is 4.99 Å². The van der Waals surface area contributed by atoms with Gasteiger partial charge >= 0.3 is 0 Å². The van der Waals surface area contributed by atoms with E-state index in [4.69, 9.17) is 21.3 Å². The van der Waals surface area contributed by atoms with Crippen molar-refractivity contribution >= 4 is 64.2 Å². The number of nitrogens with zero attached hydrogens (tertiary/aromatic N) is 7. The molecule has 68 heavy (non-hydrogen) atoms. The molecule has 0 radical (unpaired) electrons. The van der Waals surface area contributed by atoms with Gasteiger partial charge in [0.1, 0.15) is 23.4 Å². The predicted molar refractivity (Wildman–Crippen MR) is 245 cm³/mol. The van der Waals surface area contributed by atoms with Crippen molar-refractivity contribution in [1.82, 2.24) is 40.5 Å². The molecule has 5 amide bonds. The van der Waals surface area contributed by atoms with Crippen molar-refractivity contribution in [3.63, 3.8) is 0 Å². The van der Waals surface area contributed by atoms with Crippen LogP contribution in [-0.4, -0.2) is 84.4 Å². The van der Waals surface area contributed by atoms with Gasteiger partial charge in [0, 0.05) is 82.0 Å². The molecule has 0 saturated carbocycles. The Morgan fingerprint density at radius 3 is 2.54 bits per heavy atom. The third-order valence-electron chi connectivity index (χ3n) is 11.6. The number of unbranched alkanes of at least 4 members (excludes halogenated alkanes) is 1. The van der Waals surface area contributed by atoms with Crippen molar-refractivity contribution in [3.8, 4) is 11.3 Å². The third-order valence-corrected chi connectivity index (χ3v) is 11.9. The van der Waals surface area contributed by atoms with Gasteiger partial charge in [-0.25, -0.2) is 23.4 Å². The fourth-order valence-corrected chi connectivity index (χ4v) is 8.40. The molecule has 20 heteroatoms. The number of amides is 5. The number of carbonyl (C=O) groups is 5. The average molecular weight is 942 g/mol. The van der Waals surface area contributed by atoms with Crippen molar-refractivity contribution in [2.75, 3.05) is 23.8 Å². The largest absolute Gasteiger partial charge is 0.380 e. The van der Waals surface area contributed by atoms with Crippen LogP contribution in [0.5, 0.6) is 0 Å². The predicted octanol–water partition coefficient (Wildman–Crippen LogP) is 6.28. The molecule has 2 aromatic heterocycles. The van der Waals surface area contributed by atoms with Crippen LogP contribution >= 0.6 is 11.6 Å². The fourth-order valence-electron chi connectivity index (χ4n) is 8.22. The summed E-state index contributed by atoms with van der Waals surface area (Å²) in [6.07, 6.45) is 5.21. The quantitative estimate of drug-likeness (QED) is 0.0626. The summed E-state index contributed by atoms with van der Waals surface area (Å²) in [7, 11) is 0. The van der Waals surface area contributed by atoms with E-state index in [1.54, 1.807) is 77.7 Å². The van der Waals surface area contributed by atoms with Crippen LogP contribution in [-0.2, 0) is 45.3 Å². The molecule has 1 unspecified atom stereocenters. The second-order valence-electron chi connectivity index (χ2n) is 16.2. The molecule has 3 aliphatic heterocycles. The minimum absolute atomic E-state index is 0.0792. The molecule has 346 valence electrons. The zero-order valence-corrected chi connectivity index (χ0v) is 37.0. The number of aliphatic imine (C=N–C) groups is 1. The van der Waals surface area contributed by atoms with Crippen molar-refractivity contribution in [1.29, 1.82) is 0 Å². The molecule has 4 aromatic carbocycles. The summed E-state index contributed by atoms with van der Waals surface area (Å²) in [5, 5.41) is 19.8. The fraction of sp³-hybridized carbons (Fsp3) is 0.250. The Morgan fingerprint density at radius 2 is 1.74 bits per heavy atom. The number of ether oxygens (including phenoxy) is 1. The Morgan fingerprint density at radius 1 is 0.926 bits per heavy atom. The molecule has 1 saturated heterocycles. The van der Waals surface area contributed by atoms with E-state index in [2.05, 4.69) is 41.6 Å². The number of anilines is 3. The molecule has 0 bridgehead atoms. The van der Waals surface area contributed by atoms with Gasteiger partial charge in [0.25, 0.3) is 11.8 Å². The van der Waals surface area contributed by atoms with Crippen LogP contribution < -0.4 is 21.3 Å². The van der Waals surface area contributed by atoms with Gasteiger partial charge in [-0.3, -0.25) is 34.3 Å². The highest BCUT2D eigenvalue weighted by atomic mass is 35.5. The molecule has 9 rings (SSSR count). The van der Waals surface area contributed by atoms with Crippen molar-refractivity contribution < 1.29 is 37.5 Å². The lowest BCUT2D eigenvalue weighted by molar-refractivity contribution is -0.137. The highest BCUT2D eigenvalue weighted by molar-refractivity contribution is 6.31. The van der Waals surface area contributed by atoms with E-state index in [1.165, 1.54) is 23.1 Å². The number of hydrogen-bond donors (Lipinski definition) is 4. The van der Waals surface area contributed by atoms with Gasteiger partial charge in [-0.2, -0.15) is 0 Å². The number of piperidine rings is 1. The highest BCUT2D eigenvalue weighted by Gasteiger charge is 2.40. The number of carbonyl (C=O) groups excluding carboxylic acids is 5. The monoisotopic (exact) mass is 941 g/mol.